The quantitative estimate of drug-likeness (QED) is 0.537. The number of hydrogen-bond acceptors (Lipinski definition) is 4. The summed E-state index contributed by atoms with van der Waals surface area (Å²) in [6, 6.07) is -0.410. The van der Waals surface area contributed by atoms with Crippen molar-refractivity contribution in [1.82, 2.24) is 5.32 Å². The van der Waals surface area contributed by atoms with E-state index in [4.69, 9.17) is 15.6 Å². The zero-order valence-corrected chi connectivity index (χ0v) is 9.69. The second kappa shape index (κ2) is 7.62. The van der Waals surface area contributed by atoms with Gasteiger partial charge in [0.2, 0.25) is 5.91 Å². The molecule has 0 rings (SSSR count). The number of rotatable bonds is 7. The Bertz CT molecular complexity index is 186. The van der Waals surface area contributed by atoms with E-state index in [0.29, 0.717) is 19.6 Å². The summed E-state index contributed by atoms with van der Waals surface area (Å²) in [5.74, 6) is 0.133. The van der Waals surface area contributed by atoms with Crippen LogP contribution >= 0.6 is 0 Å². The lowest BCUT2D eigenvalue weighted by molar-refractivity contribution is -0.122. The van der Waals surface area contributed by atoms with Gasteiger partial charge in [0, 0.05) is 32.7 Å². The monoisotopic (exact) mass is 218 g/mol. The fourth-order valence-corrected chi connectivity index (χ4v) is 1.13. The maximum atomic E-state index is 11.4. The molecule has 0 saturated heterocycles. The zero-order valence-electron chi connectivity index (χ0n) is 9.69. The first-order valence-corrected chi connectivity index (χ1v) is 5.16. The minimum Gasteiger partial charge on any atom is -0.392 e. The van der Waals surface area contributed by atoms with Crippen molar-refractivity contribution in [1.29, 1.82) is 0 Å². The van der Waals surface area contributed by atoms with E-state index in [1.807, 2.05) is 6.92 Å². The largest absolute Gasteiger partial charge is 0.392 e. The lowest BCUT2D eigenvalue weighted by atomic mass is 10.1. The minimum atomic E-state index is -0.610. The fraction of sp³-hybridized carbons (Fsp3) is 0.900. The molecular weight excluding hydrogens is 196 g/mol. The van der Waals surface area contributed by atoms with Gasteiger partial charge in [0.05, 0.1) is 6.10 Å². The summed E-state index contributed by atoms with van der Waals surface area (Å²) in [5.41, 5.74) is 5.56. The van der Waals surface area contributed by atoms with Crippen LogP contribution < -0.4 is 11.1 Å². The molecule has 5 nitrogen and oxygen atoms in total. The molecular formula is C10H22N2O3. The van der Waals surface area contributed by atoms with Crippen LogP contribution in [0.25, 0.3) is 0 Å². The third kappa shape index (κ3) is 7.30. The maximum Gasteiger partial charge on any atom is 0.220 e. The van der Waals surface area contributed by atoms with Crippen LogP contribution in [0.2, 0.25) is 0 Å². The molecule has 0 aliphatic rings. The van der Waals surface area contributed by atoms with Gasteiger partial charge in [-0.15, -0.1) is 0 Å². The molecule has 0 heterocycles. The summed E-state index contributed by atoms with van der Waals surface area (Å²) >= 11 is 0. The number of methoxy groups -OCH3 is 1. The van der Waals surface area contributed by atoms with E-state index in [-0.39, 0.29) is 11.8 Å². The molecule has 0 bridgehead atoms. The van der Waals surface area contributed by atoms with E-state index >= 15 is 0 Å². The average Bonchev–Trinajstić information content (AvgIpc) is 2.14. The van der Waals surface area contributed by atoms with E-state index in [0.717, 1.165) is 0 Å². The molecule has 4 N–H and O–H groups in total. The van der Waals surface area contributed by atoms with Crippen LogP contribution in [0.15, 0.2) is 0 Å². The van der Waals surface area contributed by atoms with Gasteiger partial charge < -0.3 is 20.9 Å². The Morgan fingerprint density at radius 2 is 2.13 bits per heavy atom. The lowest BCUT2D eigenvalue weighted by Crippen LogP contribution is -2.44. The molecule has 0 aromatic carbocycles. The summed E-state index contributed by atoms with van der Waals surface area (Å²) < 4.78 is 4.92. The van der Waals surface area contributed by atoms with Gasteiger partial charge in [-0.2, -0.15) is 0 Å². The van der Waals surface area contributed by atoms with Crippen molar-refractivity contribution < 1.29 is 14.6 Å². The minimum absolute atomic E-state index is 0.0596. The Kier molecular flexibility index (Phi) is 7.29. The highest BCUT2D eigenvalue weighted by atomic mass is 16.5. The zero-order chi connectivity index (χ0) is 11.8. The van der Waals surface area contributed by atoms with Gasteiger partial charge in [-0.3, -0.25) is 4.79 Å². The highest BCUT2D eigenvalue weighted by Crippen LogP contribution is 2.01. The summed E-state index contributed by atoms with van der Waals surface area (Å²) in [6.07, 6.45) is -0.193. The number of aliphatic hydroxyl groups excluding tert-OH is 1. The van der Waals surface area contributed by atoms with Crippen LogP contribution in [0, 0.1) is 5.92 Å². The predicted molar refractivity (Wildman–Crippen MR) is 58.3 cm³/mol. The summed E-state index contributed by atoms with van der Waals surface area (Å²) in [4.78, 5) is 11.4. The van der Waals surface area contributed by atoms with Crippen molar-refractivity contribution in [2.75, 3.05) is 20.3 Å². The van der Waals surface area contributed by atoms with Gasteiger partial charge in [-0.1, -0.05) is 6.92 Å². The first-order valence-electron chi connectivity index (χ1n) is 5.16. The smallest absolute Gasteiger partial charge is 0.220 e. The first-order chi connectivity index (χ1) is 6.97. The molecule has 5 heteroatoms. The number of ether oxygens (including phenoxy) is 1. The van der Waals surface area contributed by atoms with Crippen molar-refractivity contribution in [3.8, 4) is 0 Å². The number of nitrogens with one attached hydrogen (secondary N) is 1. The Labute approximate surface area is 91.0 Å². The molecule has 0 aromatic heterocycles. The summed E-state index contributed by atoms with van der Waals surface area (Å²) in [5, 5.41) is 11.8. The molecule has 0 aliphatic heterocycles. The van der Waals surface area contributed by atoms with Crippen molar-refractivity contribution in [2.24, 2.45) is 11.7 Å². The second-order valence-electron chi connectivity index (χ2n) is 3.97. The van der Waals surface area contributed by atoms with Crippen LogP contribution in [0.1, 0.15) is 20.3 Å². The van der Waals surface area contributed by atoms with Crippen LogP contribution in [-0.4, -0.2) is 43.4 Å². The van der Waals surface area contributed by atoms with Gasteiger partial charge >= 0.3 is 0 Å². The molecule has 0 aliphatic carbocycles. The Morgan fingerprint density at radius 3 is 2.60 bits per heavy atom. The average molecular weight is 218 g/mol. The van der Waals surface area contributed by atoms with Gasteiger partial charge in [-0.05, 0) is 12.8 Å². The first kappa shape index (κ1) is 14.3. The topological polar surface area (TPSA) is 84.6 Å². The number of carbonyl (C=O) groups excluding carboxylic acids is 1. The van der Waals surface area contributed by atoms with E-state index in [9.17, 15) is 4.79 Å². The second-order valence-corrected chi connectivity index (χ2v) is 3.97. The van der Waals surface area contributed by atoms with Gasteiger partial charge in [-0.25, -0.2) is 0 Å². The lowest BCUT2D eigenvalue weighted by Gasteiger charge is -2.16. The molecule has 15 heavy (non-hydrogen) atoms. The van der Waals surface area contributed by atoms with Crippen molar-refractivity contribution >= 4 is 5.91 Å². The normalized spacial score (nSPS) is 16.9. The SMILES string of the molecule is COCC(C)CC(=O)NCC(N)C(C)O. The number of amides is 1. The predicted octanol–water partition coefficient (Wildman–Crippen LogP) is -0.517. The maximum absolute atomic E-state index is 11.4. The molecule has 0 saturated carbocycles. The third-order valence-corrected chi connectivity index (χ3v) is 2.14. The molecule has 90 valence electrons. The molecule has 3 atom stereocenters. The van der Waals surface area contributed by atoms with E-state index < -0.39 is 12.1 Å². The van der Waals surface area contributed by atoms with Gasteiger partial charge in [0.15, 0.2) is 0 Å². The summed E-state index contributed by atoms with van der Waals surface area (Å²) in [7, 11) is 1.61. The van der Waals surface area contributed by atoms with E-state index in [1.54, 1.807) is 14.0 Å². The van der Waals surface area contributed by atoms with Crippen LogP contribution in [0.5, 0.6) is 0 Å². The van der Waals surface area contributed by atoms with Crippen molar-refractivity contribution in [2.45, 2.75) is 32.4 Å². The molecule has 3 unspecified atom stereocenters. The highest BCUT2D eigenvalue weighted by Gasteiger charge is 2.12. The van der Waals surface area contributed by atoms with Crippen molar-refractivity contribution in [3.63, 3.8) is 0 Å². The molecule has 0 radical (unpaired) electrons. The van der Waals surface area contributed by atoms with Crippen LogP contribution in [0.4, 0.5) is 0 Å². The Balaban J connectivity index is 3.66. The number of nitrogens with two attached hydrogens (primary N) is 1. The van der Waals surface area contributed by atoms with E-state index in [2.05, 4.69) is 5.32 Å². The molecule has 1 amide bonds. The Morgan fingerprint density at radius 1 is 1.53 bits per heavy atom. The number of hydrogen-bond donors (Lipinski definition) is 3. The fourth-order valence-electron chi connectivity index (χ4n) is 1.13. The molecule has 0 fully saturated rings. The molecule has 0 aromatic rings. The number of aliphatic hydroxyl groups is 1. The summed E-state index contributed by atoms with van der Waals surface area (Å²) in [6.45, 7) is 4.41. The third-order valence-electron chi connectivity index (χ3n) is 2.14. The van der Waals surface area contributed by atoms with Crippen LogP contribution in [-0.2, 0) is 9.53 Å². The van der Waals surface area contributed by atoms with E-state index in [1.165, 1.54) is 0 Å². The number of carbonyl (C=O) groups is 1. The van der Waals surface area contributed by atoms with Gasteiger partial charge in [0.1, 0.15) is 0 Å². The Hall–Kier alpha value is -0.650. The van der Waals surface area contributed by atoms with Gasteiger partial charge in [0.25, 0.3) is 0 Å². The highest BCUT2D eigenvalue weighted by molar-refractivity contribution is 5.76. The standard InChI is InChI=1S/C10H22N2O3/c1-7(6-15-3)4-10(14)12-5-9(11)8(2)13/h7-9,13H,4-6,11H2,1-3H3,(H,12,14). The van der Waals surface area contributed by atoms with Crippen molar-refractivity contribution in [3.05, 3.63) is 0 Å². The van der Waals surface area contributed by atoms with Crippen LogP contribution in [0.3, 0.4) is 0 Å². The molecule has 0 spiro atoms.